The molecular formula is C13H18BrNO3. The lowest BCUT2D eigenvalue weighted by molar-refractivity contribution is 0.0940. The first-order valence-electron chi connectivity index (χ1n) is 5.75. The van der Waals surface area contributed by atoms with E-state index in [9.17, 15) is 4.79 Å². The number of ether oxygens (including phenoxy) is 2. The number of hydrogen-bond acceptors (Lipinski definition) is 3. The molecule has 0 heterocycles. The summed E-state index contributed by atoms with van der Waals surface area (Å²) in [5.74, 6) is 1.06. The number of benzene rings is 1. The molecule has 0 fully saturated rings. The summed E-state index contributed by atoms with van der Waals surface area (Å²) < 4.78 is 10.3. The molecule has 100 valence electrons. The van der Waals surface area contributed by atoms with E-state index in [1.54, 1.807) is 32.4 Å². The number of methoxy groups -OCH3 is 2. The molecule has 0 saturated carbocycles. The number of alkyl halides is 1. The maximum atomic E-state index is 12.0. The van der Waals surface area contributed by atoms with E-state index < -0.39 is 0 Å². The van der Waals surface area contributed by atoms with Crippen molar-refractivity contribution in [2.75, 3.05) is 19.5 Å². The van der Waals surface area contributed by atoms with E-state index in [1.165, 1.54) is 0 Å². The monoisotopic (exact) mass is 315 g/mol. The second kappa shape index (κ2) is 7.26. The van der Waals surface area contributed by atoms with Crippen molar-refractivity contribution in [1.82, 2.24) is 5.32 Å². The fourth-order valence-corrected chi connectivity index (χ4v) is 2.12. The highest BCUT2D eigenvalue weighted by Gasteiger charge is 2.13. The van der Waals surface area contributed by atoms with E-state index >= 15 is 0 Å². The number of rotatable bonds is 6. The summed E-state index contributed by atoms with van der Waals surface area (Å²) in [5, 5.41) is 3.68. The van der Waals surface area contributed by atoms with Crippen LogP contribution < -0.4 is 14.8 Å². The van der Waals surface area contributed by atoms with Crippen LogP contribution in [0.3, 0.4) is 0 Å². The second-order valence-electron chi connectivity index (χ2n) is 3.80. The third-order valence-corrected chi connectivity index (χ3v) is 3.44. The summed E-state index contributed by atoms with van der Waals surface area (Å²) in [4.78, 5) is 12.0. The summed E-state index contributed by atoms with van der Waals surface area (Å²) in [7, 11) is 3.11. The van der Waals surface area contributed by atoms with Crippen LogP contribution in [-0.2, 0) is 0 Å². The number of carbonyl (C=O) groups is 1. The van der Waals surface area contributed by atoms with Gasteiger partial charge in [0.2, 0.25) is 0 Å². The van der Waals surface area contributed by atoms with Crippen molar-refractivity contribution in [3.8, 4) is 11.5 Å². The molecule has 4 nitrogen and oxygen atoms in total. The Labute approximate surface area is 116 Å². The van der Waals surface area contributed by atoms with Crippen LogP contribution in [0.15, 0.2) is 18.2 Å². The van der Waals surface area contributed by atoms with Crippen LogP contribution in [0, 0.1) is 0 Å². The number of hydrogen-bond donors (Lipinski definition) is 1. The van der Waals surface area contributed by atoms with Gasteiger partial charge in [-0.3, -0.25) is 4.79 Å². The molecule has 0 spiro atoms. The molecule has 5 heteroatoms. The van der Waals surface area contributed by atoms with Gasteiger partial charge in [0.1, 0.15) is 0 Å². The van der Waals surface area contributed by atoms with Gasteiger partial charge in [-0.25, -0.2) is 0 Å². The molecule has 0 aliphatic carbocycles. The summed E-state index contributed by atoms with van der Waals surface area (Å²) >= 11 is 3.37. The zero-order valence-electron chi connectivity index (χ0n) is 10.8. The zero-order chi connectivity index (χ0) is 13.5. The van der Waals surface area contributed by atoms with Crippen LogP contribution in [0.1, 0.15) is 23.7 Å². The topological polar surface area (TPSA) is 47.6 Å². The van der Waals surface area contributed by atoms with E-state index in [-0.39, 0.29) is 11.9 Å². The minimum Gasteiger partial charge on any atom is -0.493 e. The summed E-state index contributed by atoms with van der Waals surface area (Å²) in [6.45, 7) is 2.03. The highest BCUT2D eigenvalue weighted by molar-refractivity contribution is 9.09. The highest BCUT2D eigenvalue weighted by atomic mass is 79.9. The number of amides is 1. The van der Waals surface area contributed by atoms with Gasteiger partial charge in [-0.1, -0.05) is 22.9 Å². The first kappa shape index (κ1) is 14.8. The quantitative estimate of drug-likeness (QED) is 0.821. The van der Waals surface area contributed by atoms with Crippen molar-refractivity contribution in [3.63, 3.8) is 0 Å². The lowest BCUT2D eigenvalue weighted by atomic mass is 10.1. The van der Waals surface area contributed by atoms with Gasteiger partial charge in [0.15, 0.2) is 11.5 Å². The minimum atomic E-state index is -0.109. The van der Waals surface area contributed by atoms with Crippen molar-refractivity contribution in [2.45, 2.75) is 19.4 Å². The molecule has 1 N–H and O–H groups in total. The van der Waals surface area contributed by atoms with Crippen molar-refractivity contribution in [3.05, 3.63) is 23.8 Å². The van der Waals surface area contributed by atoms with Crippen molar-refractivity contribution < 1.29 is 14.3 Å². The molecule has 0 saturated heterocycles. The van der Waals surface area contributed by atoms with Crippen molar-refractivity contribution in [1.29, 1.82) is 0 Å². The van der Waals surface area contributed by atoms with E-state index in [2.05, 4.69) is 21.2 Å². The van der Waals surface area contributed by atoms with Crippen LogP contribution >= 0.6 is 15.9 Å². The van der Waals surface area contributed by atoms with E-state index in [4.69, 9.17) is 9.47 Å². The fourth-order valence-electron chi connectivity index (χ4n) is 1.50. The fraction of sp³-hybridized carbons (Fsp3) is 0.462. The first-order chi connectivity index (χ1) is 8.65. The molecule has 18 heavy (non-hydrogen) atoms. The predicted octanol–water partition coefficient (Wildman–Crippen LogP) is 2.61. The van der Waals surface area contributed by atoms with Gasteiger partial charge in [0.25, 0.3) is 5.91 Å². The molecule has 1 unspecified atom stereocenters. The molecule has 1 rings (SSSR count). The Morgan fingerprint density at radius 3 is 2.50 bits per heavy atom. The smallest absolute Gasteiger partial charge is 0.251 e. The first-order valence-corrected chi connectivity index (χ1v) is 6.87. The molecule has 0 aliphatic rings. The Hall–Kier alpha value is -1.23. The third-order valence-electron chi connectivity index (χ3n) is 2.66. The average molecular weight is 316 g/mol. The molecule has 1 aromatic carbocycles. The van der Waals surface area contributed by atoms with Crippen LogP contribution in [-0.4, -0.2) is 31.5 Å². The summed E-state index contributed by atoms with van der Waals surface area (Å²) in [6.07, 6.45) is 0.879. The maximum Gasteiger partial charge on any atom is 0.251 e. The number of nitrogens with one attached hydrogen (secondary N) is 1. The lowest BCUT2D eigenvalue weighted by Gasteiger charge is -2.15. The van der Waals surface area contributed by atoms with Gasteiger partial charge >= 0.3 is 0 Å². The van der Waals surface area contributed by atoms with Gasteiger partial charge in [-0.05, 0) is 24.6 Å². The van der Waals surface area contributed by atoms with E-state index in [0.29, 0.717) is 17.1 Å². The highest BCUT2D eigenvalue weighted by Crippen LogP contribution is 2.27. The molecule has 0 aromatic heterocycles. The lowest BCUT2D eigenvalue weighted by Crippen LogP contribution is -2.35. The molecule has 1 aromatic rings. The second-order valence-corrected chi connectivity index (χ2v) is 4.45. The summed E-state index contributed by atoms with van der Waals surface area (Å²) in [6, 6.07) is 5.25. The van der Waals surface area contributed by atoms with E-state index in [0.717, 1.165) is 11.8 Å². The van der Waals surface area contributed by atoms with Gasteiger partial charge in [-0.2, -0.15) is 0 Å². The van der Waals surface area contributed by atoms with Crippen LogP contribution in [0.25, 0.3) is 0 Å². The molecule has 0 radical (unpaired) electrons. The maximum absolute atomic E-state index is 12.0. The number of halogens is 1. The zero-order valence-corrected chi connectivity index (χ0v) is 12.4. The normalized spacial score (nSPS) is 11.8. The molecule has 0 aliphatic heterocycles. The average Bonchev–Trinajstić information content (AvgIpc) is 2.43. The molecular weight excluding hydrogens is 298 g/mol. The molecule has 0 bridgehead atoms. The van der Waals surface area contributed by atoms with Crippen molar-refractivity contribution >= 4 is 21.8 Å². The Morgan fingerprint density at radius 2 is 2.00 bits per heavy atom. The third kappa shape index (κ3) is 3.63. The van der Waals surface area contributed by atoms with Gasteiger partial charge in [-0.15, -0.1) is 0 Å². The molecule has 1 amide bonds. The Bertz CT molecular complexity index is 405. The minimum absolute atomic E-state index is 0.109. The largest absolute Gasteiger partial charge is 0.493 e. The van der Waals surface area contributed by atoms with Crippen molar-refractivity contribution in [2.24, 2.45) is 0 Å². The predicted molar refractivity (Wildman–Crippen MR) is 74.9 cm³/mol. The van der Waals surface area contributed by atoms with Crippen LogP contribution in [0.2, 0.25) is 0 Å². The van der Waals surface area contributed by atoms with Gasteiger partial charge in [0, 0.05) is 16.9 Å². The standard InChI is InChI=1S/C13H18BrNO3/c1-4-10(8-14)15-13(16)9-5-6-11(17-2)12(7-9)18-3/h5-7,10H,4,8H2,1-3H3,(H,15,16). The van der Waals surface area contributed by atoms with Gasteiger partial charge < -0.3 is 14.8 Å². The van der Waals surface area contributed by atoms with Gasteiger partial charge in [0.05, 0.1) is 14.2 Å². The Balaban J connectivity index is 2.86. The SMILES string of the molecule is CCC(CBr)NC(=O)c1ccc(OC)c(OC)c1. The van der Waals surface area contributed by atoms with Crippen LogP contribution in [0.5, 0.6) is 11.5 Å². The summed E-state index contributed by atoms with van der Waals surface area (Å²) in [5.41, 5.74) is 0.562. The van der Waals surface area contributed by atoms with E-state index in [1.807, 2.05) is 6.92 Å². The Morgan fingerprint density at radius 1 is 1.33 bits per heavy atom. The molecule has 1 atom stereocenters. The Kier molecular flexibility index (Phi) is 5.98. The number of carbonyl (C=O) groups excluding carboxylic acids is 1. The van der Waals surface area contributed by atoms with Crippen LogP contribution in [0.4, 0.5) is 0 Å².